The largest absolute Gasteiger partial charge is 0.365 e. The van der Waals surface area contributed by atoms with Crippen LogP contribution < -0.4 is 0 Å². The molecule has 3 nitrogen and oxygen atoms in total. The molecule has 3 rings (SSSR count). The van der Waals surface area contributed by atoms with E-state index in [1.807, 2.05) is 72.8 Å². The average Bonchev–Trinajstić information content (AvgIpc) is 2.77. The minimum atomic E-state index is -0.441. The molecule has 3 heteroatoms. The van der Waals surface area contributed by atoms with Crippen molar-refractivity contribution in [3.63, 3.8) is 0 Å². The quantitative estimate of drug-likeness (QED) is 0.196. The fourth-order valence-corrected chi connectivity index (χ4v) is 2.99. The van der Waals surface area contributed by atoms with Crippen molar-refractivity contribution < 1.29 is 9.63 Å². The first-order chi connectivity index (χ1) is 13.8. The highest BCUT2D eigenvalue weighted by atomic mass is 16.7. The van der Waals surface area contributed by atoms with Crippen LogP contribution in [-0.4, -0.2) is 11.7 Å². The lowest BCUT2D eigenvalue weighted by Gasteiger charge is -2.07. The van der Waals surface area contributed by atoms with Gasteiger partial charge in [-0.2, -0.15) is 0 Å². The summed E-state index contributed by atoms with van der Waals surface area (Å²) in [6.07, 6.45) is 4.07. The van der Waals surface area contributed by atoms with Crippen LogP contribution in [0, 0.1) is 0 Å². The van der Waals surface area contributed by atoms with E-state index in [-0.39, 0.29) is 0 Å². The summed E-state index contributed by atoms with van der Waals surface area (Å²) in [7, 11) is 0. The number of carbonyl (C=O) groups excluding carboxylic acids is 1. The number of hydrogen-bond donors (Lipinski definition) is 0. The summed E-state index contributed by atoms with van der Waals surface area (Å²) in [6, 6.07) is 27.4. The zero-order valence-corrected chi connectivity index (χ0v) is 16.2. The smallest absolute Gasteiger partial charge is 0.313 e. The molecule has 0 saturated heterocycles. The molecule has 0 aliphatic carbocycles. The Balaban J connectivity index is 1.70. The summed E-state index contributed by atoms with van der Waals surface area (Å²) in [4.78, 5) is 17.7. The number of carbonyl (C=O) groups is 1. The molecule has 0 aromatic heterocycles. The van der Waals surface area contributed by atoms with Gasteiger partial charge in [-0.05, 0) is 41.7 Å². The average molecular weight is 371 g/mol. The van der Waals surface area contributed by atoms with Gasteiger partial charge in [0.25, 0.3) is 0 Å². The zero-order valence-electron chi connectivity index (χ0n) is 16.2. The Kier molecular flexibility index (Phi) is 7.14. The van der Waals surface area contributed by atoms with Gasteiger partial charge in [-0.1, -0.05) is 97.7 Å². The maximum absolute atomic E-state index is 12.4. The first-order valence-electron chi connectivity index (χ1n) is 9.77. The van der Waals surface area contributed by atoms with E-state index in [4.69, 9.17) is 4.84 Å². The van der Waals surface area contributed by atoms with Crippen LogP contribution in [-0.2, 0) is 4.84 Å². The van der Waals surface area contributed by atoms with Crippen molar-refractivity contribution in [1.29, 1.82) is 0 Å². The highest BCUT2D eigenvalue weighted by molar-refractivity contribution is 6.01. The fourth-order valence-electron chi connectivity index (χ4n) is 2.99. The van der Waals surface area contributed by atoms with Crippen LogP contribution in [0.5, 0.6) is 0 Å². The summed E-state index contributed by atoms with van der Waals surface area (Å²) in [5.74, 6) is -0.441. The van der Waals surface area contributed by atoms with E-state index in [1.165, 1.54) is 0 Å². The Labute approximate surface area is 166 Å². The molecule has 0 N–H and O–H groups in total. The molecule has 0 aliphatic rings. The predicted octanol–water partition coefficient (Wildman–Crippen LogP) is 6.50. The first kappa shape index (κ1) is 19.6. The number of benzene rings is 3. The van der Waals surface area contributed by atoms with E-state index in [1.54, 1.807) is 12.1 Å². The lowest BCUT2D eigenvalue weighted by molar-refractivity contribution is 0.0515. The molecule has 0 amide bonds. The van der Waals surface area contributed by atoms with Crippen LogP contribution in [0.1, 0.15) is 48.5 Å². The Bertz CT molecular complexity index is 900. The molecule has 0 saturated carbocycles. The van der Waals surface area contributed by atoms with Crippen molar-refractivity contribution >= 4 is 11.7 Å². The lowest BCUT2D eigenvalue weighted by atomic mass is 10.0. The summed E-state index contributed by atoms with van der Waals surface area (Å²) in [5, 5.41) is 4.19. The fraction of sp³-hybridized carbons (Fsp3) is 0.200. The maximum atomic E-state index is 12.4. The van der Waals surface area contributed by atoms with Gasteiger partial charge < -0.3 is 4.84 Å². The zero-order chi connectivity index (χ0) is 19.6. The Hall–Kier alpha value is -3.20. The molecule has 3 aromatic rings. The van der Waals surface area contributed by atoms with Gasteiger partial charge in [0, 0.05) is 0 Å². The van der Waals surface area contributed by atoms with E-state index in [0.29, 0.717) is 5.56 Å². The monoisotopic (exact) mass is 371 g/mol. The number of oxime groups is 1. The number of hydrogen-bond acceptors (Lipinski definition) is 3. The molecule has 0 spiro atoms. The number of unbranched alkanes of at least 4 members (excludes halogenated alkanes) is 2. The summed E-state index contributed by atoms with van der Waals surface area (Å²) in [6.45, 7) is 2.17. The predicted molar refractivity (Wildman–Crippen MR) is 114 cm³/mol. The molecule has 0 atom stereocenters. The van der Waals surface area contributed by atoms with E-state index in [9.17, 15) is 4.79 Å². The van der Waals surface area contributed by atoms with Gasteiger partial charge in [-0.25, -0.2) is 4.79 Å². The maximum Gasteiger partial charge on any atom is 0.365 e. The molecule has 142 valence electrons. The van der Waals surface area contributed by atoms with Gasteiger partial charge in [0.2, 0.25) is 0 Å². The van der Waals surface area contributed by atoms with Crippen molar-refractivity contribution in [1.82, 2.24) is 0 Å². The molecule has 28 heavy (non-hydrogen) atoms. The SMILES string of the molecule is CCCCCC(=NOC(=O)c1ccc(-c2ccccc2)cc1)c1ccccc1. The second-order valence-electron chi connectivity index (χ2n) is 6.68. The molecule has 0 bridgehead atoms. The second kappa shape index (κ2) is 10.2. The minimum absolute atomic E-state index is 0.441. The van der Waals surface area contributed by atoms with Crippen molar-refractivity contribution in [2.45, 2.75) is 32.6 Å². The molecule has 0 aliphatic heterocycles. The topological polar surface area (TPSA) is 38.7 Å². The van der Waals surface area contributed by atoms with Gasteiger partial charge in [0.1, 0.15) is 0 Å². The molecule has 0 unspecified atom stereocenters. The van der Waals surface area contributed by atoms with Gasteiger partial charge in [0.05, 0.1) is 11.3 Å². The molecule has 0 heterocycles. The molecular formula is C25H25NO2. The normalized spacial score (nSPS) is 11.2. The van der Waals surface area contributed by atoms with Crippen LogP contribution in [0.2, 0.25) is 0 Å². The van der Waals surface area contributed by atoms with Crippen molar-refractivity contribution in [3.05, 3.63) is 96.1 Å². The van der Waals surface area contributed by atoms with Gasteiger partial charge >= 0.3 is 5.97 Å². The minimum Gasteiger partial charge on any atom is -0.313 e. The third-order valence-corrected chi connectivity index (χ3v) is 4.59. The molecule has 0 radical (unpaired) electrons. The van der Waals surface area contributed by atoms with Crippen molar-refractivity contribution in [2.24, 2.45) is 5.16 Å². The van der Waals surface area contributed by atoms with Gasteiger partial charge in [-0.15, -0.1) is 0 Å². The highest BCUT2D eigenvalue weighted by Gasteiger charge is 2.10. The van der Waals surface area contributed by atoms with E-state index in [0.717, 1.165) is 48.1 Å². The van der Waals surface area contributed by atoms with Crippen LogP contribution >= 0.6 is 0 Å². The van der Waals surface area contributed by atoms with Crippen molar-refractivity contribution in [2.75, 3.05) is 0 Å². The van der Waals surface area contributed by atoms with Crippen LogP contribution in [0.3, 0.4) is 0 Å². The first-order valence-corrected chi connectivity index (χ1v) is 9.77. The van der Waals surface area contributed by atoms with E-state index >= 15 is 0 Å². The number of nitrogens with zero attached hydrogens (tertiary/aromatic N) is 1. The summed E-state index contributed by atoms with van der Waals surface area (Å²) >= 11 is 0. The second-order valence-corrected chi connectivity index (χ2v) is 6.68. The van der Waals surface area contributed by atoms with Crippen molar-refractivity contribution in [3.8, 4) is 11.1 Å². The van der Waals surface area contributed by atoms with E-state index in [2.05, 4.69) is 12.1 Å². The van der Waals surface area contributed by atoms with Gasteiger partial charge in [-0.3, -0.25) is 0 Å². The van der Waals surface area contributed by atoms with Crippen LogP contribution in [0.25, 0.3) is 11.1 Å². The van der Waals surface area contributed by atoms with Gasteiger partial charge in [0.15, 0.2) is 0 Å². The number of rotatable bonds is 8. The Morgan fingerprint density at radius 1 is 0.750 bits per heavy atom. The highest BCUT2D eigenvalue weighted by Crippen LogP contribution is 2.19. The Morgan fingerprint density at radius 3 is 2.00 bits per heavy atom. The Morgan fingerprint density at radius 2 is 1.36 bits per heavy atom. The molecule has 0 fully saturated rings. The van der Waals surface area contributed by atoms with Crippen LogP contribution in [0.4, 0.5) is 0 Å². The standard InChI is InChI=1S/C25H25NO2/c1-2-3-6-15-24(22-13-9-5-10-14-22)26-28-25(27)23-18-16-21(17-19-23)20-11-7-4-8-12-20/h4-5,7-14,16-19H,2-3,6,15H2,1H3. The third-order valence-electron chi connectivity index (χ3n) is 4.59. The summed E-state index contributed by atoms with van der Waals surface area (Å²) in [5.41, 5.74) is 4.46. The molecule has 3 aromatic carbocycles. The lowest BCUT2D eigenvalue weighted by Crippen LogP contribution is -2.06. The molecular weight excluding hydrogens is 346 g/mol. The van der Waals surface area contributed by atoms with E-state index < -0.39 is 5.97 Å². The third kappa shape index (κ3) is 5.40. The summed E-state index contributed by atoms with van der Waals surface area (Å²) < 4.78 is 0. The van der Waals surface area contributed by atoms with Crippen LogP contribution in [0.15, 0.2) is 90.1 Å².